The van der Waals surface area contributed by atoms with Crippen molar-refractivity contribution in [2.75, 3.05) is 26.2 Å². The first-order chi connectivity index (χ1) is 11.6. The molecule has 2 atom stereocenters. The lowest BCUT2D eigenvalue weighted by molar-refractivity contribution is -0.143. The van der Waals surface area contributed by atoms with Gasteiger partial charge in [-0.05, 0) is 31.7 Å². The summed E-state index contributed by atoms with van der Waals surface area (Å²) in [5.74, 6) is -1.27. The minimum absolute atomic E-state index is 0.0281. The van der Waals surface area contributed by atoms with Crippen LogP contribution in [-0.2, 0) is 9.53 Å². The van der Waals surface area contributed by atoms with E-state index in [0.29, 0.717) is 32.7 Å². The number of urea groups is 1. The SMILES string of the molecule is CC(OCCCNC(=O)N1CCCC(C(=O)O)C1)c1ccccc1. The average Bonchev–Trinajstić information content (AvgIpc) is 2.62. The van der Waals surface area contributed by atoms with Gasteiger partial charge in [0.25, 0.3) is 0 Å². The molecule has 0 saturated carbocycles. The molecule has 24 heavy (non-hydrogen) atoms. The molecule has 1 aromatic rings. The number of ether oxygens (including phenoxy) is 1. The van der Waals surface area contributed by atoms with Gasteiger partial charge in [-0.2, -0.15) is 0 Å². The number of hydrogen-bond acceptors (Lipinski definition) is 3. The summed E-state index contributed by atoms with van der Waals surface area (Å²) in [7, 11) is 0. The molecular weight excluding hydrogens is 308 g/mol. The number of nitrogens with zero attached hydrogens (tertiary/aromatic N) is 1. The fraction of sp³-hybridized carbons (Fsp3) is 0.556. The Kier molecular flexibility index (Phi) is 7.06. The molecule has 0 aromatic heterocycles. The molecule has 2 N–H and O–H groups in total. The summed E-state index contributed by atoms with van der Waals surface area (Å²) in [6.45, 7) is 4.01. The molecule has 2 unspecified atom stereocenters. The highest BCUT2D eigenvalue weighted by atomic mass is 16.5. The van der Waals surface area contributed by atoms with Crippen molar-refractivity contribution in [2.45, 2.75) is 32.3 Å². The van der Waals surface area contributed by atoms with E-state index in [1.54, 1.807) is 4.90 Å². The molecule has 6 nitrogen and oxygen atoms in total. The highest BCUT2D eigenvalue weighted by molar-refractivity contribution is 5.76. The molecular formula is C18H26N2O4. The molecule has 0 bridgehead atoms. The van der Waals surface area contributed by atoms with E-state index in [1.165, 1.54) is 0 Å². The van der Waals surface area contributed by atoms with Gasteiger partial charge in [0.05, 0.1) is 12.0 Å². The van der Waals surface area contributed by atoms with Crippen LogP contribution in [0.25, 0.3) is 0 Å². The Morgan fingerprint density at radius 2 is 2.12 bits per heavy atom. The Labute approximate surface area is 142 Å². The summed E-state index contributed by atoms with van der Waals surface area (Å²) < 4.78 is 5.76. The molecule has 1 heterocycles. The smallest absolute Gasteiger partial charge is 0.317 e. The normalized spacial score (nSPS) is 18.9. The van der Waals surface area contributed by atoms with Crippen molar-refractivity contribution >= 4 is 12.0 Å². The maximum absolute atomic E-state index is 12.1. The van der Waals surface area contributed by atoms with Crippen LogP contribution in [0.3, 0.4) is 0 Å². The number of piperidine rings is 1. The van der Waals surface area contributed by atoms with Crippen molar-refractivity contribution in [3.63, 3.8) is 0 Å². The zero-order valence-electron chi connectivity index (χ0n) is 14.1. The van der Waals surface area contributed by atoms with Gasteiger partial charge >= 0.3 is 12.0 Å². The van der Waals surface area contributed by atoms with Gasteiger partial charge in [-0.1, -0.05) is 30.3 Å². The van der Waals surface area contributed by atoms with Gasteiger partial charge in [0, 0.05) is 26.2 Å². The number of hydrogen-bond donors (Lipinski definition) is 2. The van der Waals surface area contributed by atoms with E-state index in [-0.39, 0.29) is 12.1 Å². The second-order valence-electron chi connectivity index (χ2n) is 6.13. The summed E-state index contributed by atoms with van der Waals surface area (Å²) >= 11 is 0. The molecule has 1 saturated heterocycles. The van der Waals surface area contributed by atoms with Crippen LogP contribution in [0, 0.1) is 5.92 Å². The molecule has 1 aliphatic rings. The number of carboxylic acid groups (broad SMARTS) is 1. The molecule has 2 rings (SSSR count). The Morgan fingerprint density at radius 1 is 1.38 bits per heavy atom. The van der Waals surface area contributed by atoms with Crippen LogP contribution in [0.5, 0.6) is 0 Å². The molecule has 0 spiro atoms. The first-order valence-electron chi connectivity index (χ1n) is 8.50. The first-order valence-corrected chi connectivity index (χ1v) is 8.50. The third-order valence-corrected chi connectivity index (χ3v) is 4.29. The van der Waals surface area contributed by atoms with Crippen LogP contribution < -0.4 is 5.32 Å². The summed E-state index contributed by atoms with van der Waals surface area (Å²) in [6.07, 6.45) is 2.13. The van der Waals surface area contributed by atoms with E-state index < -0.39 is 11.9 Å². The summed E-state index contributed by atoms with van der Waals surface area (Å²) in [4.78, 5) is 24.7. The van der Waals surface area contributed by atoms with E-state index in [1.807, 2.05) is 37.3 Å². The Balaban J connectivity index is 1.62. The highest BCUT2D eigenvalue weighted by Gasteiger charge is 2.27. The van der Waals surface area contributed by atoms with Gasteiger partial charge in [-0.15, -0.1) is 0 Å². The molecule has 132 valence electrons. The van der Waals surface area contributed by atoms with Gasteiger partial charge in [-0.3, -0.25) is 4.79 Å². The van der Waals surface area contributed by atoms with E-state index in [0.717, 1.165) is 18.4 Å². The number of carbonyl (C=O) groups excluding carboxylic acids is 1. The number of nitrogens with one attached hydrogen (secondary N) is 1. The Hall–Kier alpha value is -2.08. The monoisotopic (exact) mass is 334 g/mol. The lowest BCUT2D eigenvalue weighted by Crippen LogP contribution is -2.47. The third kappa shape index (κ3) is 5.53. The second kappa shape index (κ2) is 9.27. The van der Waals surface area contributed by atoms with Crippen LogP contribution in [0.1, 0.15) is 37.9 Å². The lowest BCUT2D eigenvalue weighted by Gasteiger charge is -2.30. The maximum atomic E-state index is 12.1. The number of aliphatic carboxylic acids is 1. The van der Waals surface area contributed by atoms with Crippen LogP contribution in [0.15, 0.2) is 30.3 Å². The van der Waals surface area contributed by atoms with Crippen molar-refractivity contribution in [3.8, 4) is 0 Å². The first kappa shape index (κ1) is 18.3. The minimum Gasteiger partial charge on any atom is -0.481 e. The van der Waals surface area contributed by atoms with Crippen LogP contribution in [-0.4, -0.2) is 48.2 Å². The zero-order chi connectivity index (χ0) is 17.4. The lowest BCUT2D eigenvalue weighted by atomic mass is 9.99. The van der Waals surface area contributed by atoms with Gasteiger partial charge in [-0.25, -0.2) is 4.79 Å². The number of likely N-dealkylation sites (tertiary alicyclic amines) is 1. The van der Waals surface area contributed by atoms with Crippen molar-refractivity contribution in [2.24, 2.45) is 5.92 Å². The fourth-order valence-corrected chi connectivity index (χ4v) is 2.82. The summed E-state index contributed by atoms with van der Waals surface area (Å²) in [5.41, 5.74) is 1.13. The van der Waals surface area contributed by atoms with E-state index in [4.69, 9.17) is 9.84 Å². The number of benzene rings is 1. The quantitative estimate of drug-likeness (QED) is 0.752. The zero-order valence-corrected chi connectivity index (χ0v) is 14.1. The summed E-state index contributed by atoms with van der Waals surface area (Å²) in [6, 6.07) is 9.82. The topological polar surface area (TPSA) is 78.9 Å². The second-order valence-corrected chi connectivity index (χ2v) is 6.13. The predicted molar refractivity (Wildman–Crippen MR) is 90.8 cm³/mol. The van der Waals surface area contributed by atoms with Crippen LogP contribution in [0.2, 0.25) is 0 Å². The van der Waals surface area contributed by atoms with E-state index in [9.17, 15) is 9.59 Å². The number of amides is 2. The highest BCUT2D eigenvalue weighted by Crippen LogP contribution is 2.17. The molecule has 0 radical (unpaired) electrons. The van der Waals surface area contributed by atoms with Crippen LogP contribution >= 0.6 is 0 Å². The standard InChI is InChI=1S/C18H26N2O4/c1-14(15-7-3-2-4-8-15)24-12-6-10-19-18(23)20-11-5-9-16(13-20)17(21)22/h2-4,7-8,14,16H,5-6,9-13H2,1H3,(H,19,23)(H,21,22). The Morgan fingerprint density at radius 3 is 2.83 bits per heavy atom. The summed E-state index contributed by atoms with van der Waals surface area (Å²) in [5, 5.41) is 11.9. The average molecular weight is 334 g/mol. The van der Waals surface area contributed by atoms with Gasteiger partial charge in [0.15, 0.2) is 0 Å². The largest absolute Gasteiger partial charge is 0.481 e. The predicted octanol–water partition coefficient (Wildman–Crippen LogP) is 2.66. The third-order valence-electron chi connectivity index (χ3n) is 4.29. The van der Waals surface area contributed by atoms with Crippen molar-refractivity contribution in [3.05, 3.63) is 35.9 Å². The van der Waals surface area contributed by atoms with E-state index in [2.05, 4.69) is 5.32 Å². The number of carbonyl (C=O) groups is 2. The van der Waals surface area contributed by atoms with Crippen molar-refractivity contribution in [1.29, 1.82) is 0 Å². The number of rotatable bonds is 7. The van der Waals surface area contributed by atoms with Gasteiger partial charge in [0.1, 0.15) is 0 Å². The van der Waals surface area contributed by atoms with Crippen LogP contribution in [0.4, 0.5) is 4.79 Å². The molecule has 6 heteroatoms. The molecule has 1 fully saturated rings. The van der Waals surface area contributed by atoms with E-state index >= 15 is 0 Å². The Bertz CT molecular complexity index is 535. The maximum Gasteiger partial charge on any atom is 0.317 e. The molecule has 0 aliphatic carbocycles. The molecule has 1 aliphatic heterocycles. The fourth-order valence-electron chi connectivity index (χ4n) is 2.82. The van der Waals surface area contributed by atoms with Gasteiger partial charge < -0.3 is 20.1 Å². The molecule has 2 amide bonds. The van der Waals surface area contributed by atoms with Crippen molar-refractivity contribution in [1.82, 2.24) is 10.2 Å². The van der Waals surface area contributed by atoms with Gasteiger partial charge in [0.2, 0.25) is 0 Å². The minimum atomic E-state index is -0.823. The molecule has 1 aromatic carbocycles. The van der Waals surface area contributed by atoms with Crippen molar-refractivity contribution < 1.29 is 19.4 Å². The number of carboxylic acids is 1.